The standard InChI is InChI=1S/C24H20N2O2S2/c1-17(26-20-10-6-9-19(15-20)24-25-13-14-29-24)22-12-11-21(30(2,27)28)16-23(22)18-7-4-3-5-8-18/h3-16,26H,1H2,2H3. The molecular formula is C24H20N2O2S2. The van der Waals surface area contributed by atoms with Crippen LogP contribution in [0.3, 0.4) is 0 Å². The van der Waals surface area contributed by atoms with Gasteiger partial charge in [-0.2, -0.15) is 0 Å². The molecule has 0 radical (unpaired) electrons. The Balaban J connectivity index is 1.72. The van der Waals surface area contributed by atoms with Gasteiger partial charge in [0.2, 0.25) is 0 Å². The van der Waals surface area contributed by atoms with Crippen molar-refractivity contribution >= 4 is 32.6 Å². The molecule has 0 saturated heterocycles. The van der Waals surface area contributed by atoms with Gasteiger partial charge < -0.3 is 5.32 Å². The molecule has 0 aliphatic rings. The minimum atomic E-state index is -3.32. The summed E-state index contributed by atoms with van der Waals surface area (Å²) in [5.74, 6) is 0. The van der Waals surface area contributed by atoms with Crippen molar-refractivity contribution in [1.29, 1.82) is 0 Å². The summed E-state index contributed by atoms with van der Waals surface area (Å²) in [6.45, 7) is 4.22. The van der Waals surface area contributed by atoms with Gasteiger partial charge in [0.05, 0.1) is 4.90 Å². The van der Waals surface area contributed by atoms with E-state index in [9.17, 15) is 8.42 Å². The largest absolute Gasteiger partial charge is 0.355 e. The lowest BCUT2D eigenvalue weighted by atomic mass is 9.98. The van der Waals surface area contributed by atoms with E-state index in [1.54, 1.807) is 35.7 Å². The van der Waals surface area contributed by atoms with Crippen molar-refractivity contribution in [1.82, 2.24) is 4.98 Å². The number of rotatable bonds is 6. The second-order valence-electron chi connectivity index (χ2n) is 6.87. The van der Waals surface area contributed by atoms with E-state index in [-0.39, 0.29) is 4.90 Å². The van der Waals surface area contributed by atoms with Crippen molar-refractivity contribution in [3.8, 4) is 21.7 Å². The molecule has 0 saturated carbocycles. The minimum Gasteiger partial charge on any atom is -0.355 e. The molecule has 0 unspecified atom stereocenters. The first-order chi connectivity index (χ1) is 14.4. The van der Waals surface area contributed by atoms with Crippen LogP contribution in [-0.2, 0) is 9.84 Å². The quantitative estimate of drug-likeness (QED) is 0.408. The van der Waals surface area contributed by atoms with Gasteiger partial charge in [0.15, 0.2) is 9.84 Å². The summed E-state index contributed by atoms with van der Waals surface area (Å²) in [4.78, 5) is 4.64. The lowest BCUT2D eigenvalue weighted by molar-refractivity contribution is 0.602. The SMILES string of the molecule is C=C(Nc1cccc(-c2nccs2)c1)c1ccc(S(C)(=O)=O)cc1-c1ccccc1. The Morgan fingerprint density at radius 1 is 0.967 bits per heavy atom. The second-order valence-corrected chi connectivity index (χ2v) is 9.78. The zero-order valence-electron chi connectivity index (χ0n) is 16.4. The lowest BCUT2D eigenvalue weighted by Crippen LogP contribution is -2.03. The predicted molar refractivity (Wildman–Crippen MR) is 125 cm³/mol. The van der Waals surface area contributed by atoms with E-state index in [4.69, 9.17) is 0 Å². The first-order valence-corrected chi connectivity index (χ1v) is 12.0. The van der Waals surface area contributed by atoms with Gasteiger partial charge in [-0.25, -0.2) is 13.4 Å². The Kier molecular flexibility index (Phi) is 5.53. The molecule has 4 rings (SSSR count). The van der Waals surface area contributed by atoms with Crippen LogP contribution in [0.4, 0.5) is 5.69 Å². The Hall–Kier alpha value is -3.22. The topological polar surface area (TPSA) is 59.1 Å². The molecular weight excluding hydrogens is 412 g/mol. The molecule has 0 amide bonds. The van der Waals surface area contributed by atoms with Crippen molar-refractivity contribution in [2.45, 2.75) is 4.90 Å². The highest BCUT2D eigenvalue weighted by atomic mass is 32.2. The Morgan fingerprint density at radius 3 is 2.43 bits per heavy atom. The van der Waals surface area contributed by atoms with E-state index in [0.29, 0.717) is 5.70 Å². The number of hydrogen-bond donors (Lipinski definition) is 1. The van der Waals surface area contributed by atoms with Crippen molar-refractivity contribution in [3.63, 3.8) is 0 Å². The van der Waals surface area contributed by atoms with Crippen LogP contribution < -0.4 is 5.32 Å². The molecule has 0 bridgehead atoms. The fraction of sp³-hybridized carbons (Fsp3) is 0.0417. The van der Waals surface area contributed by atoms with Gasteiger partial charge in [0, 0.05) is 40.3 Å². The van der Waals surface area contributed by atoms with E-state index >= 15 is 0 Å². The van der Waals surface area contributed by atoms with E-state index in [0.717, 1.165) is 32.9 Å². The number of sulfone groups is 1. The number of thiazole rings is 1. The first kappa shape index (κ1) is 20.1. The Bertz CT molecular complexity index is 1300. The van der Waals surface area contributed by atoms with Crippen LogP contribution in [0, 0.1) is 0 Å². The first-order valence-electron chi connectivity index (χ1n) is 9.27. The van der Waals surface area contributed by atoms with Gasteiger partial charge in [-0.05, 0) is 35.4 Å². The molecule has 0 spiro atoms. The molecule has 0 aliphatic carbocycles. The molecule has 1 aromatic heterocycles. The maximum atomic E-state index is 12.1. The smallest absolute Gasteiger partial charge is 0.175 e. The molecule has 0 fully saturated rings. The van der Waals surface area contributed by atoms with Crippen molar-refractivity contribution < 1.29 is 8.42 Å². The Morgan fingerprint density at radius 2 is 1.73 bits per heavy atom. The van der Waals surface area contributed by atoms with Gasteiger partial charge in [-0.15, -0.1) is 11.3 Å². The highest BCUT2D eigenvalue weighted by Gasteiger charge is 2.14. The van der Waals surface area contributed by atoms with Crippen LogP contribution >= 0.6 is 11.3 Å². The Labute approximate surface area is 180 Å². The molecule has 6 heteroatoms. The highest BCUT2D eigenvalue weighted by molar-refractivity contribution is 7.90. The molecule has 1 N–H and O–H groups in total. The van der Waals surface area contributed by atoms with Gasteiger partial charge in [0.1, 0.15) is 5.01 Å². The molecule has 30 heavy (non-hydrogen) atoms. The zero-order chi connectivity index (χ0) is 21.1. The van der Waals surface area contributed by atoms with Crippen LogP contribution in [-0.4, -0.2) is 19.7 Å². The summed E-state index contributed by atoms with van der Waals surface area (Å²) in [6.07, 6.45) is 3.00. The molecule has 4 aromatic rings. The van der Waals surface area contributed by atoms with Gasteiger partial charge in [-0.3, -0.25) is 0 Å². The molecule has 150 valence electrons. The van der Waals surface area contributed by atoms with Crippen molar-refractivity contribution in [2.75, 3.05) is 11.6 Å². The summed E-state index contributed by atoms with van der Waals surface area (Å²) in [5, 5.41) is 6.26. The van der Waals surface area contributed by atoms with Gasteiger partial charge in [-0.1, -0.05) is 55.1 Å². The van der Waals surface area contributed by atoms with Crippen LogP contribution in [0.1, 0.15) is 5.56 Å². The summed E-state index contributed by atoms with van der Waals surface area (Å²) in [7, 11) is -3.32. The summed E-state index contributed by atoms with van der Waals surface area (Å²) in [5.41, 5.74) is 5.18. The third-order valence-electron chi connectivity index (χ3n) is 4.67. The number of nitrogens with one attached hydrogen (secondary N) is 1. The number of benzene rings is 3. The monoisotopic (exact) mass is 432 g/mol. The van der Waals surface area contributed by atoms with Crippen molar-refractivity contribution in [3.05, 3.63) is 96.5 Å². The third kappa shape index (κ3) is 4.35. The maximum Gasteiger partial charge on any atom is 0.175 e. The second kappa shape index (κ2) is 8.26. The molecule has 1 heterocycles. The third-order valence-corrected chi connectivity index (χ3v) is 6.60. The lowest BCUT2D eigenvalue weighted by Gasteiger charge is -2.16. The van der Waals surface area contributed by atoms with Gasteiger partial charge in [0.25, 0.3) is 0 Å². The number of nitrogens with zero attached hydrogens (tertiary/aromatic N) is 1. The summed E-state index contributed by atoms with van der Waals surface area (Å²) >= 11 is 1.59. The van der Waals surface area contributed by atoms with Crippen molar-refractivity contribution in [2.24, 2.45) is 0 Å². The van der Waals surface area contributed by atoms with Crippen LogP contribution in [0.15, 0.2) is 95.8 Å². The molecule has 3 aromatic carbocycles. The fourth-order valence-electron chi connectivity index (χ4n) is 3.21. The van der Waals surface area contributed by atoms with E-state index in [2.05, 4.69) is 16.9 Å². The molecule has 0 atom stereocenters. The summed E-state index contributed by atoms with van der Waals surface area (Å²) < 4.78 is 24.2. The average molecular weight is 433 g/mol. The van der Waals surface area contributed by atoms with Crippen LogP contribution in [0.5, 0.6) is 0 Å². The number of hydrogen-bond acceptors (Lipinski definition) is 5. The maximum absolute atomic E-state index is 12.1. The molecule has 4 nitrogen and oxygen atoms in total. The summed E-state index contributed by atoms with van der Waals surface area (Å²) in [6, 6.07) is 22.8. The van der Waals surface area contributed by atoms with E-state index in [1.807, 2.05) is 60.0 Å². The van der Waals surface area contributed by atoms with Crippen LogP contribution in [0.2, 0.25) is 0 Å². The van der Waals surface area contributed by atoms with E-state index in [1.165, 1.54) is 6.26 Å². The normalized spacial score (nSPS) is 11.2. The number of aromatic nitrogens is 1. The molecule has 0 aliphatic heterocycles. The fourth-order valence-corrected chi connectivity index (χ4v) is 4.49. The van der Waals surface area contributed by atoms with Gasteiger partial charge >= 0.3 is 0 Å². The van der Waals surface area contributed by atoms with Crippen LogP contribution in [0.25, 0.3) is 27.4 Å². The minimum absolute atomic E-state index is 0.281. The zero-order valence-corrected chi connectivity index (χ0v) is 18.0. The number of anilines is 1. The average Bonchev–Trinajstić information content (AvgIpc) is 3.28. The predicted octanol–water partition coefficient (Wildman–Crippen LogP) is 5.96. The highest BCUT2D eigenvalue weighted by Crippen LogP contribution is 2.32. The van der Waals surface area contributed by atoms with E-state index < -0.39 is 9.84 Å².